The molecule has 3 rings (SSSR count). The molecule has 0 spiro atoms. The van der Waals surface area contributed by atoms with Crippen molar-refractivity contribution >= 4 is 35.0 Å². The van der Waals surface area contributed by atoms with Gasteiger partial charge in [0.25, 0.3) is 5.91 Å². The highest BCUT2D eigenvalue weighted by Crippen LogP contribution is 2.18. The lowest BCUT2D eigenvalue weighted by Crippen LogP contribution is -2.50. The van der Waals surface area contributed by atoms with Crippen LogP contribution in [0.15, 0.2) is 36.4 Å². The number of nitrogens with one attached hydrogen (secondary N) is 2. The second kappa shape index (κ2) is 11.0. The average molecular weight is 465 g/mol. The number of benzene rings is 2. The Bertz CT molecular complexity index is 969. The summed E-state index contributed by atoms with van der Waals surface area (Å²) in [6.07, 6.45) is -0.486. The first-order valence-electron chi connectivity index (χ1n) is 10.1. The summed E-state index contributed by atoms with van der Waals surface area (Å²) in [4.78, 5) is 28.2. The third-order valence-electron chi connectivity index (χ3n) is 5.18. The molecule has 172 valence electrons. The lowest BCUT2D eigenvalue weighted by molar-refractivity contribution is 0.0710. The number of nitrogens with zero attached hydrogens (tertiary/aromatic N) is 2. The number of hydrogen-bond acceptors (Lipinski definition) is 7. The summed E-state index contributed by atoms with van der Waals surface area (Å²) in [7, 11) is 0. The molecular weight excluding hydrogens is 439 g/mol. The van der Waals surface area contributed by atoms with Crippen LogP contribution in [0.5, 0.6) is 0 Å². The van der Waals surface area contributed by atoms with Gasteiger partial charge in [0.15, 0.2) is 0 Å². The van der Waals surface area contributed by atoms with Gasteiger partial charge in [0.05, 0.1) is 11.4 Å². The minimum Gasteiger partial charge on any atom is -0.444 e. The quantitative estimate of drug-likeness (QED) is 0.280. The zero-order valence-corrected chi connectivity index (χ0v) is 18.2. The highest BCUT2D eigenvalue weighted by Gasteiger charge is 2.22. The summed E-state index contributed by atoms with van der Waals surface area (Å²) in [6, 6.07) is 9.07. The Labute approximate surface area is 190 Å². The minimum absolute atomic E-state index is 0.152. The molecule has 2 aromatic carbocycles. The molecule has 0 aliphatic carbocycles. The number of piperazine rings is 1. The van der Waals surface area contributed by atoms with Crippen LogP contribution in [0.25, 0.3) is 0 Å². The largest absolute Gasteiger partial charge is 0.444 e. The molecule has 0 aromatic heterocycles. The Morgan fingerprint density at radius 2 is 1.88 bits per heavy atom. The van der Waals surface area contributed by atoms with Gasteiger partial charge in [-0.05, 0) is 30.3 Å². The normalized spacial score (nSPS) is 14.2. The SMILES string of the molecule is NNc1ccc(C(=O)NCCN2CCN(C(=O)OCc3ccc(Cl)cc3F)CC2)cc1N. The minimum atomic E-state index is -0.508. The van der Waals surface area contributed by atoms with E-state index < -0.39 is 11.9 Å². The van der Waals surface area contributed by atoms with E-state index in [1.807, 2.05) is 0 Å². The Morgan fingerprint density at radius 3 is 2.53 bits per heavy atom. The summed E-state index contributed by atoms with van der Waals surface area (Å²) in [5, 5.41) is 3.14. The fourth-order valence-corrected chi connectivity index (χ4v) is 3.45. The topological polar surface area (TPSA) is 126 Å². The average Bonchev–Trinajstić information content (AvgIpc) is 2.78. The highest BCUT2D eigenvalue weighted by atomic mass is 35.5. The lowest BCUT2D eigenvalue weighted by Gasteiger charge is -2.34. The second-order valence-electron chi connectivity index (χ2n) is 7.32. The number of hydrogen-bond donors (Lipinski definition) is 4. The van der Waals surface area contributed by atoms with Gasteiger partial charge in [-0.15, -0.1) is 0 Å². The number of nitrogens with two attached hydrogens (primary N) is 2. The zero-order valence-electron chi connectivity index (χ0n) is 17.4. The molecule has 2 aromatic rings. The van der Waals surface area contributed by atoms with E-state index in [0.717, 1.165) is 0 Å². The number of anilines is 2. The number of carbonyl (C=O) groups excluding carboxylic acids is 2. The number of hydrazine groups is 1. The van der Waals surface area contributed by atoms with Crippen molar-refractivity contribution in [3.63, 3.8) is 0 Å². The van der Waals surface area contributed by atoms with Crippen molar-refractivity contribution in [2.75, 3.05) is 50.4 Å². The molecule has 1 heterocycles. The molecule has 9 nitrogen and oxygen atoms in total. The van der Waals surface area contributed by atoms with Crippen LogP contribution in [0.2, 0.25) is 5.02 Å². The molecule has 0 radical (unpaired) electrons. The van der Waals surface area contributed by atoms with Crippen LogP contribution in [0.3, 0.4) is 0 Å². The molecule has 0 unspecified atom stereocenters. The van der Waals surface area contributed by atoms with E-state index in [1.165, 1.54) is 12.1 Å². The van der Waals surface area contributed by atoms with Gasteiger partial charge in [-0.2, -0.15) is 0 Å². The predicted molar refractivity (Wildman–Crippen MR) is 121 cm³/mol. The molecule has 0 saturated carbocycles. The van der Waals surface area contributed by atoms with Crippen molar-refractivity contribution in [3.8, 4) is 0 Å². The van der Waals surface area contributed by atoms with Gasteiger partial charge >= 0.3 is 6.09 Å². The van der Waals surface area contributed by atoms with E-state index in [-0.39, 0.29) is 23.1 Å². The Morgan fingerprint density at radius 1 is 1.12 bits per heavy atom. The Hall–Kier alpha value is -3.08. The first kappa shape index (κ1) is 23.6. The van der Waals surface area contributed by atoms with Gasteiger partial charge in [-0.25, -0.2) is 9.18 Å². The lowest BCUT2D eigenvalue weighted by atomic mass is 10.1. The van der Waals surface area contributed by atoms with Gasteiger partial charge < -0.3 is 26.1 Å². The van der Waals surface area contributed by atoms with Crippen molar-refractivity contribution in [2.45, 2.75) is 6.61 Å². The van der Waals surface area contributed by atoms with Gasteiger partial charge in [-0.3, -0.25) is 15.5 Å². The van der Waals surface area contributed by atoms with Gasteiger partial charge in [0, 0.05) is 55.4 Å². The van der Waals surface area contributed by atoms with E-state index in [1.54, 1.807) is 29.2 Å². The van der Waals surface area contributed by atoms with Crippen molar-refractivity contribution in [2.24, 2.45) is 5.84 Å². The zero-order chi connectivity index (χ0) is 23.1. The summed E-state index contributed by atoms with van der Waals surface area (Å²) in [5.41, 5.74) is 9.95. The van der Waals surface area contributed by atoms with Crippen LogP contribution >= 0.6 is 11.6 Å². The van der Waals surface area contributed by atoms with Crippen LogP contribution in [0.4, 0.5) is 20.6 Å². The first-order chi connectivity index (χ1) is 15.4. The van der Waals surface area contributed by atoms with Crippen molar-refractivity contribution in [3.05, 3.63) is 58.4 Å². The standard InChI is InChI=1S/C21H26ClFN6O3/c22-16-3-1-15(17(23)12-16)13-32-21(31)29-9-7-28(8-10-29)6-5-26-20(30)14-2-4-19(27-25)18(24)11-14/h1-4,11-12,27H,5-10,13,24-25H2,(H,26,30). The molecule has 1 fully saturated rings. The molecule has 1 aliphatic heterocycles. The van der Waals surface area contributed by atoms with Crippen molar-refractivity contribution < 1.29 is 18.7 Å². The molecule has 32 heavy (non-hydrogen) atoms. The van der Waals surface area contributed by atoms with Gasteiger partial charge in [0.1, 0.15) is 12.4 Å². The van der Waals surface area contributed by atoms with Crippen LogP contribution < -0.4 is 22.3 Å². The Kier molecular flexibility index (Phi) is 8.09. The van der Waals surface area contributed by atoms with Crippen LogP contribution in [0, 0.1) is 5.82 Å². The maximum Gasteiger partial charge on any atom is 0.410 e. The number of halogens is 2. The Balaban J connectivity index is 1.36. The number of ether oxygens (including phenoxy) is 1. The second-order valence-corrected chi connectivity index (χ2v) is 7.76. The van der Waals surface area contributed by atoms with E-state index in [4.69, 9.17) is 27.9 Å². The molecular formula is C21H26ClFN6O3. The van der Waals surface area contributed by atoms with E-state index in [2.05, 4.69) is 15.6 Å². The van der Waals surface area contributed by atoms with Crippen molar-refractivity contribution in [1.82, 2.24) is 15.1 Å². The summed E-state index contributed by atoms with van der Waals surface area (Å²) < 4.78 is 19.0. The third kappa shape index (κ3) is 6.22. The van der Waals surface area contributed by atoms with Crippen LogP contribution in [0.1, 0.15) is 15.9 Å². The molecule has 1 saturated heterocycles. The molecule has 0 atom stereocenters. The fraction of sp³-hybridized carbons (Fsp3) is 0.333. The van der Waals surface area contributed by atoms with E-state index >= 15 is 0 Å². The van der Waals surface area contributed by atoms with E-state index in [9.17, 15) is 14.0 Å². The number of nitrogen functional groups attached to an aromatic ring is 2. The molecule has 6 N–H and O–H groups in total. The van der Waals surface area contributed by atoms with Crippen molar-refractivity contribution in [1.29, 1.82) is 0 Å². The maximum atomic E-state index is 13.8. The number of rotatable bonds is 7. The van der Waals surface area contributed by atoms with E-state index in [0.29, 0.717) is 56.2 Å². The molecule has 0 bridgehead atoms. The van der Waals surface area contributed by atoms with Crippen LogP contribution in [-0.4, -0.2) is 61.1 Å². The first-order valence-corrected chi connectivity index (χ1v) is 10.5. The fourth-order valence-electron chi connectivity index (χ4n) is 3.29. The summed E-state index contributed by atoms with van der Waals surface area (Å²) >= 11 is 5.72. The highest BCUT2D eigenvalue weighted by molar-refractivity contribution is 6.30. The summed E-state index contributed by atoms with van der Waals surface area (Å²) in [5.74, 6) is 4.60. The summed E-state index contributed by atoms with van der Waals surface area (Å²) in [6.45, 7) is 3.20. The number of amides is 2. The molecule has 1 aliphatic rings. The predicted octanol–water partition coefficient (Wildman–Crippen LogP) is 2.03. The molecule has 2 amide bonds. The van der Waals surface area contributed by atoms with Gasteiger partial charge in [-0.1, -0.05) is 17.7 Å². The number of carbonyl (C=O) groups is 2. The third-order valence-corrected chi connectivity index (χ3v) is 5.41. The molecule has 11 heteroatoms. The van der Waals surface area contributed by atoms with Crippen LogP contribution in [-0.2, 0) is 11.3 Å². The smallest absolute Gasteiger partial charge is 0.410 e. The maximum absolute atomic E-state index is 13.8. The monoisotopic (exact) mass is 464 g/mol. The van der Waals surface area contributed by atoms with Gasteiger partial charge in [0.2, 0.25) is 0 Å².